The van der Waals surface area contributed by atoms with Gasteiger partial charge in [-0.05, 0) is 12.1 Å². The van der Waals surface area contributed by atoms with Gasteiger partial charge in [0.15, 0.2) is 11.5 Å². The zero-order valence-corrected chi connectivity index (χ0v) is 14.9. The molecule has 1 aliphatic heterocycles. The number of benzene rings is 1. The smallest absolute Gasteiger partial charge is 0.358 e. The number of H-pyrrole nitrogens is 1. The van der Waals surface area contributed by atoms with Crippen LogP contribution in [-0.2, 0) is 9.53 Å². The molecule has 1 amide bonds. The number of hydrogen-bond acceptors (Lipinski definition) is 6. The summed E-state index contributed by atoms with van der Waals surface area (Å²) in [5.41, 5.74) is 3.14. The fraction of sp³-hybridized carbons (Fsp3) is 0.167. The van der Waals surface area contributed by atoms with Gasteiger partial charge >= 0.3 is 5.97 Å². The maximum atomic E-state index is 12.1. The van der Waals surface area contributed by atoms with Gasteiger partial charge in [0, 0.05) is 28.5 Å². The van der Waals surface area contributed by atoms with E-state index in [-0.39, 0.29) is 23.9 Å². The number of hydrogen-bond donors (Lipinski definition) is 2. The van der Waals surface area contributed by atoms with E-state index in [1.54, 1.807) is 12.1 Å². The number of aromatic amines is 1. The molecular formula is C18H14ClN5O3. The molecule has 0 saturated heterocycles. The number of anilines is 1. The lowest BCUT2D eigenvalue weighted by Gasteiger charge is -2.22. The second kappa shape index (κ2) is 6.81. The Morgan fingerprint density at radius 3 is 2.67 bits per heavy atom. The van der Waals surface area contributed by atoms with Gasteiger partial charge in [0.2, 0.25) is 5.91 Å². The molecule has 0 bridgehead atoms. The van der Waals surface area contributed by atoms with E-state index in [1.165, 1.54) is 19.5 Å². The lowest BCUT2D eigenvalue weighted by molar-refractivity contribution is -0.116. The number of fused-ring (bicyclic) bond motifs is 1. The Morgan fingerprint density at radius 1 is 1.22 bits per heavy atom. The maximum absolute atomic E-state index is 12.1. The van der Waals surface area contributed by atoms with Crippen LogP contribution < -0.4 is 5.32 Å². The largest absolute Gasteiger partial charge is 0.464 e. The number of esters is 1. The molecule has 8 nitrogen and oxygen atoms in total. The molecule has 0 aliphatic carbocycles. The first-order chi connectivity index (χ1) is 13.1. The summed E-state index contributed by atoms with van der Waals surface area (Å²) in [6.45, 7) is 0. The molecule has 2 N–H and O–H groups in total. The number of carbonyl (C=O) groups excluding carboxylic acids is 2. The first-order valence-corrected chi connectivity index (χ1v) is 8.49. The summed E-state index contributed by atoms with van der Waals surface area (Å²) in [6.07, 6.45) is 3.02. The molecule has 3 aromatic rings. The van der Waals surface area contributed by atoms with Crippen LogP contribution in [0.4, 0.5) is 5.82 Å². The highest BCUT2D eigenvalue weighted by atomic mass is 35.5. The van der Waals surface area contributed by atoms with Gasteiger partial charge < -0.3 is 10.1 Å². The number of nitrogens with one attached hydrogen (secondary N) is 2. The Hall–Kier alpha value is -3.26. The first-order valence-electron chi connectivity index (χ1n) is 8.11. The van der Waals surface area contributed by atoms with Gasteiger partial charge in [-0.25, -0.2) is 9.78 Å². The van der Waals surface area contributed by atoms with Gasteiger partial charge in [0.25, 0.3) is 0 Å². The van der Waals surface area contributed by atoms with Crippen LogP contribution in [0.2, 0.25) is 5.02 Å². The van der Waals surface area contributed by atoms with Gasteiger partial charge in [-0.2, -0.15) is 5.10 Å². The fourth-order valence-corrected chi connectivity index (χ4v) is 3.20. The van der Waals surface area contributed by atoms with Crippen LogP contribution in [0.3, 0.4) is 0 Å². The monoisotopic (exact) mass is 383 g/mol. The molecule has 2 aromatic heterocycles. The van der Waals surface area contributed by atoms with Crippen LogP contribution in [0.25, 0.3) is 11.3 Å². The van der Waals surface area contributed by atoms with Crippen molar-refractivity contribution < 1.29 is 14.3 Å². The molecule has 0 fully saturated rings. The quantitative estimate of drug-likeness (QED) is 0.673. The highest BCUT2D eigenvalue weighted by Gasteiger charge is 2.33. The summed E-state index contributed by atoms with van der Waals surface area (Å²) in [5, 5.41) is 10.6. The fourth-order valence-electron chi connectivity index (χ4n) is 3.07. The molecule has 0 radical (unpaired) electrons. The number of ether oxygens (including phenoxy) is 1. The SMILES string of the molecule is COC(=O)c1cnc(C2CC(=O)Nc3n[nH]c(-c4ccc(Cl)cc4)c32)cn1. The zero-order valence-electron chi connectivity index (χ0n) is 14.2. The van der Waals surface area contributed by atoms with Crippen molar-refractivity contribution >= 4 is 29.3 Å². The number of nitrogens with zero attached hydrogens (tertiary/aromatic N) is 3. The molecule has 1 aliphatic rings. The molecule has 9 heteroatoms. The van der Waals surface area contributed by atoms with Crippen molar-refractivity contribution in [1.82, 2.24) is 20.2 Å². The van der Waals surface area contributed by atoms with E-state index in [1.807, 2.05) is 12.1 Å². The van der Waals surface area contributed by atoms with Crippen LogP contribution in [0.15, 0.2) is 36.7 Å². The van der Waals surface area contributed by atoms with E-state index < -0.39 is 5.97 Å². The van der Waals surface area contributed by atoms with E-state index >= 15 is 0 Å². The lowest BCUT2D eigenvalue weighted by Crippen LogP contribution is -2.24. The number of aromatic nitrogens is 4. The van der Waals surface area contributed by atoms with Crippen LogP contribution in [-0.4, -0.2) is 39.2 Å². The van der Waals surface area contributed by atoms with Crippen molar-refractivity contribution in [3.63, 3.8) is 0 Å². The Bertz CT molecular complexity index is 1010. The van der Waals surface area contributed by atoms with E-state index in [9.17, 15) is 9.59 Å². The molecule has 1 unspecified atom stereocenters. The second-order valence-corrected chi connectivity index (χ2v) is 6.43. The van der Waals surface area contributed by atoms with E-state index in [2.05, 4.69) is 30.2 Å². The lowest BCUT2D eigenvalue weighted by atomic mass is 9.87. The Kier molecular flexibility index (Phi) is 4.33. The summed E-state index contributed by atoms with van der Waals surface area (Å²) in [5.74, 6) is -0.626. The van der Waals surface area contributed by atoms with Gasteiger partial charge in [-0.1, -0.05) is 23.7 Å². The van der Waals surface area contributed by atoms with Gasteiger partial charge in [0.05, 0.1) is 30.9 Å². The number of methoxy groups -OCH3 is 1. The molecule has 3 heterocycles. The molecule has 0 spiro atoms. The van der Waals surface area contributed by atoms with Gasteiger partial charge in [-0.3, -0.25) is 14.9 Å². The van der Waals surface area contributed by atoms with Crippen molar-refractivity contribution in [3.8, 4) is 11.3 Å². The van der Waals surface area contributed by atoms with Gasteiger partial charge in [-0.15, -0.1) is 0 Å². The standard InChI is InChI=1S/C18H14ClN5O3/c1-27-18(26)13-8-20-12(7-21-13)11-6-14(25)22-17-15(11)16(23-24-17)9-2-4-10(19)5-3-9/h2-5,7-8,11H,6H2,1H3,(H2,22,23,24,25). The summed E-state index contributed by atoms with van der Waals surface area (Å²) in [4.78, 5) is 32.1. The third kappa shape index (κ3) is 3.15. The average molecular weight is 384 g/mol. The molecule has 1 aromatic carbocycles. The third-order valence-electron chi connectivity index (χ3n) is 4.36. The molecular weight excluding hydrogens is 370 g/mol. The Balaban J connectivity index is 1.78. The minimum Gasteiger partial charge on any atom is -0.464 e. The number of carbonyl (C=O) groups is 2. The Labute approximate surface area is 158 Å². The van der Waals surface area contributed by atoms with Crippen LogP contribution in [0.5, 0.6) is 0 Å². The average Bonchev–Trinajstić information content (AvgIpc) is 3.11. The Morgan fingerprint density at radius 2 is 2.00 bits per heavy atom. The van der Waals surface area contributed by atoms with Crippen LogP contribution >= 0.6 is 11.6 Å². The van der Waals surface area contributed by atoms with Crippen LogP contribution in [0, 0.1) is 0 Å². The molecule has 136 valence electrons. The molecule has 1 atom stereocenters. The van der Waals surface area contributed by atoms with Crippen molar-refractivity contribution in [2.24, 2.45) is 0 Å². The second-order valence-electron chi connectivity index (χ2n) is 5.99. The number of halogens is 1. The minimum atomic E-state index is -0.568. The van der Waals surface area contributed by atoms with Crippen LogP contribution in [0.1, 0.15) is 34.1 Å². The molecule has 4 rings (SSSR count). The van der Waals surface area contributed by atoms with Crippen molar-refractivity contribution in [1.29, 1.82) is 0 Å². The zero-order chi connectivity index (χ0) is 19.0. The summed E-state index contributed by atoms with van der Waals surface area (Å²) in [7, 11) is 1.28. The predicted octanol–water partition coefficient (Wildman–Crippen LogP) is 2.78. The normalized spacial score (nSPS) is 15.8. The first kappa shape index (κ1) is 17.2. The topological polar surface area (TPSA) is 110 Å². The van der Waals surface area contributed by atoms with E-state index in [0.29, 0.717) is 16.5 Å². The minimum absolute atomic E-state index is 0.104. The van der Waals surface area contributed by atoms with E-state index in [0.717, 1.165) is 16.8 Å². The third-order valence-corrected chi connectivity index (χ3v) is 4.61. The van der Waals surface area contributed by atoms with Crippen molar-refractivity contribution in [3.05, 3.63) is 58.6 Å². The summed E-state index contributed by atoms with van der Waals surface area (Å²) in [6, 6.07) is 7.31. The van der Waals surface area contributed by atoms with Gasteiger partial charge in [0.1, 0.15) is 0 Å². The van der Waals surface area contributed by atoms with E-state index in [4.69, 9.17) is 11.6 Å². The maximum Gasteiger partial charge on any atom is 0.358 e. The molecule has 0 saturated carbocycles. The highest BCUT2D eigenvalue weighted by Crippen LogP contribution is 2.41. The molecule has 27 heavy (non-hydrogen) atoms. The number of amides is 1. The summed E-state index contributed by atoms with van der Waals surface area (Å²) < 4.78 is 4.64. The number of rotatable bonds is 3. The predicted molar refractivity (Wildman–Crippen MR) is 97.5 cm³/mol. The van der Waals surface area contributed by atoms with Crippen molar-refractivity contribution in [2.45, 2.75) is 12.3 Å². The highest BCUT2D eigenvalue weighted by molar-refractivity contribution is 6.30. The van der Waals surface area contributed by atoms with Crippen molar-refractivity contribution in [2.75, 3.05) is 12.4 Å². The summed E-state index contributed by atoms with van der Waals surface area (Å²) >= 11 is 5.97.